The predicted molar refractivity (Wildman–Crippen MR) is 78.4 cm³/mol. The molecule has 0 unspecified atom stereocenters. The van der Waals surface area contributed by atoms with Gasteiger partial charge >= 0.3 is 6.29 Å². The molecule has 0 spiro atoms. The minimum Gasteiger partial charge on any atom is -0.395 e. The second kappa shape index (κ2) is 6.50. The number of carbonyl (C=O) groups excluding carboxylic acids is 1. The zero-order chi connectivity index (χ0) is 14.9. The van der Waals surface area contributed by atoms with Crippen molar-refractivity contribution in [2.45, 2.75) is 6.29 Å². The van der Waals surface area contributed by atoms with Gasteiger partial charge in [0.25, 0.3) is 0 Å². The number of halogens is 3. The van der Waals surface area contributed by atoms with E-state index in [1.807, 2.05) is 0 Å². The summed E-state index contributed by atoms with van der Waals surface area (Å²) in [5, 5.41) is 3.16. The number of carbonyl (C=O) groups is 1. The highest BCUT2D eigenvalue weighted by Crippen LogP contribution is 2.41. The van der Waals surface area contributed by atoms with Crippen molar-refractivity contribution in [2.24, 2.45) is 0 Å². The minimum absolute atomic E-state index is 0. The Morgan fingerprint density at radius 3 is 2.64 bits per heavy atom. The maximum Gasteiger partial charge on any atom is 0.586 e. The number of fused-ring (bicyclic) bond motifs is 1. The fourth-order valence-corrected chi connectivity index (χ4v) is 2.23. The quantitative estimate of drug-likeness (QED) is 0.840. The molecule has 0 bridgehead atoms. The summed E-state index contributed by atoms with van der Waals surface area (Å²) in [6, 6.07) is 4.40. The number of piperazine rings is 1. The van der Waals surface area contributed by atoms with Crippen molar-refractivity contribution in [3.05, 3.63) is 29.8 Å². The van der Waals surface area contributed by atoms with E-state index in [-0.39, 0.29) is 29.8 Å². The molecule has 1 N–H and O–H groups in total. The summed E-state index contributed by atoms with van der Waals surface area (Å²) in [5.41, 5.74) is 0.596. The molecule has 2 aliphatic heterocycles. The Balaban J connectivity index is 0.00000176. The van der Waals surface area contributed by atoms with Crippen molar-refractivity contribution in [1.29, 1.82) is 0 Å². The lowest BCUT2D eigenvalue weighted by molar-refractivity contribution is -0.286. The number of nitrogens with zero attached hydrogens (tertiary/aromatic N) is 1. The summed E-state index contributed by atoms with van der Waals surface area (Å²) < 4.78 is 34.5. The average molecular weight is 333 g/mol. The first kappa shape index (κ1) is 16.5. The number of amides is 1. The largest absolute Gasteiger partial charge is 0.586 e. The van der Waals surface area contributed by atoms with Gasteiger partial charge in [0, 0.05) is 32.3 Å². The van der Waals surface area contributed by atoms with Crippen LogP contribution in [0.15, 0.2) is 24.3 Å². The first-order chi connectivity index (χ1) is 10.0. The zero-order valence-corrected chi connectivity index (χ0v) is 12.4. The van der Waals surface area contributed by atoms with Crippen molar-refractivity contribution in [1.82, 2.24) is 10.2 Å². The van der Waals surface area contributed by atoms with E-state index in [1.54, 1.807) is 17.0 Å². The molecule has 1 aromatic rings. The van der Waals surface area contributed by atoms with E-state index >= 15 is 0 Å². The molecule has 2 heterocycles. The normalized spacial score (nSPS) is 19.1. The third kappa shape index (κ3) is 3.66. The lowest BCUT2D eigenvalue weighted by atomic mass is 10.2. The van der Waals surface area contributed by atoms with Gasteiger partial charge in [-0.25, -0.2) is 0 Å². The van der Waals surface area contributed by atoms with Crippen molar-refractivity contribution >= 4 is 24.4 Å². The Bertz CT molecular complexity index is 589. The van der Waals surface area contributed by atoms with Gasteiger partial charge < -0.3 is 19.7 Å². The van der Waals surface area contributed by atoms with E-state index in [2.05, 4.69) is 14.8 Å². The van der Waals surface area contributed by atoms with Gasteiger partial charge in [0.15, 0.2) is 11.5 Å². The maximum atomic E-state index is 12.9. The van der Waals surface area contributed by atoms with Crippen molar-refractivity contribution in [3.8, 4) is 11.5 Å². The van der Waals surface area contributed by atoms with E-state index in [1.165, 1.54) is 18.2 Å². The van der Waals surface area contributed by atoms with Gasteiger partial charge in [0.2, 0.25) is 5.91 Å². The van der Waals surface area contributed by atoms with Crippen molar-refractivity contribution in [2.75, 3.05) is 26.2 Å². The van der Waals surface area contributed by atoms with Gasteiger partial charge in [-0.3, -0.25) is 4.79 Å². The Morgan fingerprint density at radius 1 is 1.23 bits per heavy atom. The average Bonchev–Trinajstić information content (AvgIpc) is 2.78. The first-order valence-electron chi connectivity index (χ1n) is 6.61. The number of nitrogens with one attached hydrogen (secondary N) is 1. The number of rotatable bonds is 2. The van der Waals surface area contributed by atoms with Crippen LogP contribution in [0.3, 0.4) is 0 Å². The Kier molecular flexibility index (Phi) is 4.87. The van der Waals surface area contributed by atoms with Gasteiger partial charge in [-0.15, -0.1) is 21.2 Å². The minimum atomic E-state index is -3.62. The molecular weight excluding hydrogens is 318 g/mol. The third-order valence-electron chi connectivity index (χ3n) is 3.27. The summed E-state index contributed by atoms with van der Waals surface area (Å²) in [6.07, 6.45) is -0.618. The monoisotopic (exact) mass is 332 g/mol. The molecule has 8 heteroatoms. The molecule has 0 radical (unpaired) electrons. The van der Waals surface area contributed by atoms with Crippen LogP contribution in [-0.4, -0.2) is 43.3 Å². The Hall–Kier alpha value is -1.86. The zero-order valence-electron chi connectivity index (χ0n) is 11.6. The van der Waals surface area contributed by atoms with Gasteiger partial charge in [-0.1, -0.05) is 6.07 Å². The molecule has 1 fully saturated rings. The predicted octanol–water partition coefficient (Wildman–Crippen LogP) is 1.87. The van der Waals surface area contributed by atoms with E-state index in [0.717, 1.165) is 13.1 Å². The SMILES string of the molecule is Cl.O=C(/C=C/c1ccc2c(c1)OC(F)(F)O2)N1CCNCC1. The standard InChI is InChI=1S/C14H14F2N2O3.ClH/c15-14(16)20-11-3-1-10(9-12(11)21-14)2-4-13(19)18-7-5-17-6-8-18;/h1-4,9,17H,5-8H2;1H/b4-2+;. The van der Waals surface area contributed by atoms with E-state index in [0.29, 0.717) is 18.7 Å². The number of ether oxygens (including phenoxy) is 2. The summed E-state index contributed by atoms with van der Waals surface area (Å²) in [4.78, 5) is 13.7. The van der Waals surface area contributed by atoms with Gasteiger partial charge in [-0.2, -0.15) is 0 Å². The van der Waals surface area contributed by atoms with Gasteiger partial charge in [0.1, 0.15) is 0 Å². The maximum absolute atomic E-state index is 12.9. The highest BCUT2D eigenvalue weighted by Gasteiger charge is 2.43. The molecule has 0 aliphatic carbocycles. The molecule has 2 aliphatic rings. The van der Waals surface area contributed by atoms with Crippen LogP contribution in [0.1, 0.15) is 5.56 Å². The van der Waals surface area contributed by atoms with E-state index < -0.39 is 6.29 Å². The smallest absolute Gasteiger partial charge is 0.395 e. The molecular formula is C14H15ClF2N2O3. The Morgan fingerprint density at radius 2 is 1.91 bits per heavy atom. The molecule has 0 saturated carbocycles. The molecule has 120 valence electrons. The topological polar surface area (TPSA) is 50.8 Å². The molecule has 3 rings (SSSR count). The van der Waals surface area contributed by atoms with E-state index in [9.17, 15) is 13.6 Å². The molecule has 5 nitrogen and oxygen atoms in total. The van der Waals surface area contributed by atoms with Crippen LogP contribution in [-0.2, 0) is 4.79 Å². The molecule has 1 aromatic carbocycles. The third-order valence-corrected chi connectivity index (χ3v) is 3.27. The fraction of sp³-hybridized carbons (Fsp3) is 0.357. The highest BCUT2D eigenvalue weighted by molar-refractivity contribution is 5.92. The second-order valence-corrected chi connectivity index (χ2v) is 4.78. The van der Waals surface area contributed by atoms with Crippen molar-refractivity contribution < 1.29 is 23.0 Å². The van der Waals surface area contributed by atoms with Crippen LogP contribution in [0.4, 0.5) is 8.78 Å². The van der Waals surface area contributed by atoms with Crippen molar-refractivity contribution in [3.63, 3.8) is 0 Å². The Labute approximate surface area is 132 Å². The van der Waals surface area contributed by atoms with Crippen LogP contribution in [0.5, 0.6) is 11.5 Å². The molecule has 1 amide bonds. The summed E-state index contributed by atoms with van der Waals surface area (Å²) in [5.74, 6) is -0.137. The molecule has 0 atom stereocenters. The van der Waals surface area contributed by atoms with Gasteiger partial charge in [0.05, 0.1) is 0 Å². The molecule has 22 heavy (non-hydrogen) atoms. The molecule has 1 saturated heterocycles. The van der Waals surface area contributed by atoms with Crippen LogP contribution in [0, 0.1) is 0 Å². The summed E-state index contributed by atoms with van der Waals surface area (Å²) in [6.45, 7) is 2.88. The van der Waals surface area contributed by atoms with Crippen LogP contribution < -0.4 is 14.8 Å². The summed E-state index contributed by atoms with van der Waals surface area (Å²) >= 11 is 0. The summed E-state index contributed by atoms with van der Waals surface area (Å²) in [7, 11) is 0. The van der Waals surface area contributed by atoms with Crippen LogP contribution in [0.2, 0.25) is 0 Å². The van der Waals surface area contributed by atoms with Crippen LogP contribution >= 0.6 is 12.4 Å². The lowest BCUT2D eigenvalue weighted by Crippen LogP contribution is -2.45. The van der Waals surface area contributed by atoms with Gasteiger partial charge in [-0.05, 0) is 23.8 Å². The fourth-order valence-electron chi connectivity index (χ4n) is 2.23. The second-order valence-electron chi connectivity index (χ2n) is 4.78. The van der Waals surface area contributed by atoms with Crippen LogP contribution in [0.25, 0.3) is 6.08 Å². The van der Waals surface area contributed by atoms with E-state index in [4.69, 9.17) is 0 Å². The number of hydrogen-bond acceptors (Lipinski definition) is 4. The highest BCUT2D eigenvalue weighted by atomic mass is 35.5. The molecule has 0 aromatic heterocycles. The number of hydrogen-bond donors (Lipinski definition) is 1. The number of benzene rings is 1. The lowest BCUT2D eigenvalue weighted by Gasteiger charge is -2.26. The first-order valence-corrected chi connectivity index (χ1v) is 6.61. The number of alkyl halides is 2.